The van der Waals surface area contributed by atoms with E-state index >= 15 is 0 Å². The van der Waals surface area contributed by atoms with Crippen molar-refractivity contribution in [1.82, 2.24) is 15.6 Å². The van der Waals surface area contributed by atoms with E-state index in [0.29, 0.717) is 6.04 Å². The number of nitrogens with one attached hydrogen (secondary N) is 3. The minimum absolute atomic E-state index is 0.121. The number of nitro groups is 1. The van der Waals surface area contributed by atoms with Crippen molar-refractivity contribution in [1.29, 1.82) is 0 Å². The van der Waals surface area contributed by atoms with Gasteiger partial charge < -0.3 is 20.7 Å². The number of aromatic nitrogens is 1. The van der Waals surface area contributed by atoms with Gasteiger partial charge in [-0.2, -0.15) is 0 Å². The number of piperidine rings is 1. The van der Waals surface area contributed by atoms with Gasteiger partial charge in [-0.1, -0.05) is 0 Å². The van der Waals surface area contributed by atoms with E-state index in [1.165, 1.54) is 12.1 Å². The van der Waals surface area contributed by atoms with Gasteiger partial charge in [0.05, 0.1) is 0 Å². The molecule has 0 spiro atoms. The summed E-state index contributed by atoms with van der Waals surface area (Å²) >= 11 is 0. The minimum atomic E-state index is -0.552. The summed E-state index contributed by atoms with van der Waals surface area (Å²) in [5.41, 5.74) is 0.230. The maximum absolute atomic E-state index is 11.9. The van der Waals surface area contributed by atoms with E-state index in [2.05, 4.69) is 22.5 Å². The first-order chi connectivity index (χ1) is 8.56. The van der Waals surface area contributed by atoms with E-state index in [1.807, 2.05) is 0 Å². The predicted molar refractivity (Wildman–Crippen MR) is 65.4 cm³/mol. The van der Waals surface area contributed by atoms with Crippen LogP contribution in [0.4, 0.5) is 5.82 Å². The van der Waals surface area contributed by atoms with Gasteiger partial charge in [-0.25, -0.2) is 4.98 Å². The summed E-state index contributed by atoms with van der Waals surface area (Å²) in [4.78, 5) is 24.3. The SMILES string of the molecule is CC1CC(NC(=O)c2ccc([N+](=O)[O-])[nH]2)CCN1. The van der Waals surface area contributed by atoms with Gasteiger partial charge in [0, 0.05) is 18.2 Å². The number of aromatic amines is 1. The maximum atomic E-state index is 11.9. The van der Waals surface area contributed by atoms with Crippen molar-refractivity contribution < 1.29 is 9.72 Å². The lowest BCUT2D eigenvalue weighted by molar-refractivity contribution is -0.389. The quantitative estimate of drug-likeness (QED) is 0.547. The lowest BCUT2D eigenvalue weighted by Crippen LogP contribution is -2.46. The van der Waals surface area contributed by atoms with Crippen molar-refractivity contribution >= 4 is 11.7 Å². The molecule has 98 valence electrons. The fraction of sp³-hybridized carbons (Fsp3) is 0.545. The van der Waals surface area contributed by atoms with E-state index < -0.39 is 4.92 Å². The van der Waals surface area contributed by atoms with E-state index in [0.717, 1.165) is 19.4 Å². The van der Waals surface area contributed by atoms with Crippen LogP contribution in [0.1, 0.15) is 30.3 Å². The van der Waals surface area contributed by atoms with Crippen LogP contribution >= 0.6 is 0 Å². The zero-order valence-electron chi connectivity index (χ0n) is 10.1. The summed E-state index contributed by atoms with van der Waals surface area (Å²) in [6, 6.07) is 3.22. The summed E-state index contributed by atoms with van der Waals surface area (Å²) in [6.07, 6.45) is 1.74. The van der Waals surface area contributed by atoms with Crippen molar-refractivity contribution in [3.63, 3.8) is 0 Å². The summed E-state index contributed by atoms with van der Waals surface area (Å²) in [6.45, 7) is 2.94. The molecular weight excluding hydrogens is 236 g/mol. The molecule has 0 bridgehead atoms. The van der Waals surface area contributed by atoms with Gasteiger partial charge in [0.2, 0.25) is 0 Å². The number of carbonyl (C=O) groups is 1. The van der Waals surface area contributed by atoms with E-state index in [4.69, 9.17) is 0 Å². The predicted octanol–water partition coefficient (Wildman–Crippen LogP) is 0.793. The average molecular weight is 252 g/mol. The molecule has 0 radical (unpaired) electrons. The maximum Gasteiger partial charge on any atom is 0.321 e. The Morgan fingerprint density at radius 1 is 1.56 bits per heavy atom. The Hall–Kier alpha value is -1.89. The molecule has 2 rings (SSSR count). The lowest BCUT2D eigenvalue weighted by atomic mass is 10.0. The Bertz CT molecular complexity index is 457. The second kappa shape index (κ2) is 5.18. The van der Waals surface area contributed by atoms with Gasteiger partial charge in [0.15, 0.2) is 5.69 Å². The van der Waals surface area contributed by atoms with Gasteiger partial charge in [0.1, 0.15) is 0 Å². The zero-order valence-corrected chi connectivity index (χ0v) is 10.1. The molecule has 0 aliphatic carbocycles. The topological polar surface area (TPSA) is 100 Å². The highest BCUT2D eigenvalue weighted by Crippen LogP contribution is 2.12. The van der Waals surface area contributed by atoms with Gasteiger partial charge in [0.25, 0.3) is 5.91 Å². The molecule has 2 atom stereocenters. The van der Waals surface area contributed by atoms with Crippen molar-refractivity contribution in [2.24, 2.45) is 0 Å². The molecule has 2 unspecified atom stereocenters. The van der Waals surface area contributed by atoms with Crippen LogP contribution in [-0.2, 0) is 0 Å². The second-order valence-electron chi connectivity index (χ2n) is 4.56. The van der Waals surface area contributed by atoms with Crippen LogP contribution in [-0.4, -0.2) is 34.4 Å². The highest BCUT2D eigenvalue weighted by atomic mass is 16.6. The molecule has 1 aliphatic rings. The number of hydrogen-bond donors (Lipinski definition) is 3. The fourth-order valence-electron chi connectivity index (χ4n) is 2.15. The van der Waals surface area contributed by atoms with Crippen molar-refractivity contribution in [2.75, 3.05) is 6.54 Å². The Balaban J connectivity index is 1.96. The van der Waals surface area contributed by atoms with Crippen LogP contribution in [0.2, 0.25) is 0 Å². The van der Waals surface area contributed by atoms with Gasteiger partial charge in [-0.3, -0.25) is 4.79 Å². The summed E-state index contributed by atoms with van der Waals surface area (Å²) in [5.74, 6) is -0.457. The first-order valence-corrected chi connectivity index (χ1v) is 5.94. The van der Waals surface area contributed by atoms with Crippen LogP contribution in [0.25, 0.3) is 0 Å². The molecule has 1 fully saturated rings. The normalized spacial score (nSPS) is 23.6. The van der Waals surface area contributed by atoms with Crippen molar-refractivity contribution in [3.05, 3.63) is 27.9 Å². The Morgan fingerprint density at radius 2 is 2.33 bits per heavy atom. The molecule has 1 aromatic heterocycles. The molecule has 1 aliphatic heterocycles. The molecule has 3 N–H and O–H groups in total. The van der Waals surface area contributed by atoms with Crippen molar-refractivity contribution in [3.8, 4) is 0 Å². The van der Waals surface area contributed by atoms with E-state index in [-0.39, 0.29) is 23.5 Å². The fourth-order valence-corrected chi connectivity index (χ4v) is 2.15. The Kier molecular flexibility index (Phi) is 3.61. The number of rotatable bonds is 3. The van der Waals surface area contributed by atoms with Crippen molar-refractivity contribution in [2.45, 2.75) is 31.8 Å². The summed E-state index contributed by atoms with van der Waals surface area (Å²) in [5, 5.41) is 16.7. The van der Waals surface area contributed by atoms with Crippen LogP contribution in [0.3, 0.4) is 0 Å². The number of nitrogens with zero attached hydrogens (tertiary/aromatic N) is 1. The highest BCUT2D eigenvalue weighted by Gasteiger charge is 2.22. The summed E-state index contributed by atoms with van der Waals surface area (Å²) in [7, 11) is 0. The molecule has 2 heterocycles. The molecule has 1 aromatic rings. The molecule has 0 saturated carbocycles. The molecule has 7 heteroatoms. The number of H-pyrrole nitrogens is 1. The standard InChI is InChI=1S/C11H16N4O3/c1-7-6-8(4-5-12-7)13-11(16)9-2-3-10(14-9)15(17)18/h2-3,7-8,12,14H,4-6H2,1H3,(H,13,16). The first kappa shape index (κ1) is 12.6. The molecule has 1 amide bonds. The molecular formula is C11H16N4O3. The summed E-state index contributed by atoms with van der Waals surface area (Å²) < 4.78 is 0. The van der Waals surface area contributed by atoms with Crippen LogP contribution in [0.15, 0.2) is 12.1 Å². The third kappa shape index (κ3) is 2.86. The smallest absolute Gasteiger partial charge is 0.321 e. The molecule has 18 heavy (non-hydrogen) atoms. The number of carbonyl (C=O) groups excluding carboxylic acids is 1. The average Bonchev–Trinajstić information content (AvgIpc) is 2.78. The lowest BCUT2D eigenvalue weighted by Gasteiger charge is -2.28. The minimum Gasteiger partial charge on any atom is -0.358 e. The molecule has 0 aromatic carbocycles. The van der Waals surface area contributed by atoms with Crippen LogP contribution in [0, 0.1) is 10.1 Å². The first-order valence-electron chi connectivity index (χ1n) is 5.94. The Morgan fingerprint density at radius 3 is 2.94 bits per heavy atom. The van der Waals surface area contributed by atoms with E-state index in [9.17, 15) is 14.9 Å². The monoisotopic (exact) mass is 252 g/mol. The van der Waals surface area contributed by atoms with Crippen LogP contribution < -0.4 is 10.6 Å². The largest absolute Gasteiger partial charge is 0.358 e. The van der Waals surface area contributed by atoms with Crippen LogP contribution in [0.5, 0.6) is 0 Å². The third-order valence-electron chi connectivity index (χ3n) is 3.07. The molecule has 1 saturated heterocycles. The highest BCUT2D eigenvalue weighted by molar-refractivity contribution is 5.93. The number of hydrogen-bond acceptors (Lipinski definition) is 4. The Labute approximate surface area is 104 Å². The second-order valence-corrected chi connectivity index (χ2v) is 4.56. The molecule has 7 nitrogen and oxygen atoms in total. The number of amides is 1. The van der Waals surface area contributed by atoms with Gasteiger partial charge in [-0.05, 0) is 37.3 Å². The van der Waals surface area contributed by atoms with Gasteiger partial charge in [-0.15, -0.1) is 0 Å². The zero-order chi connectivity index (χ0) is 13.1. The third-order valence-corrected chi connectivity index (χ3v) is 3.07. The van der Waals surface area contributed by atoms with E-state index in [1.54, 1.807) is 0 Å². The van der Waals surface area contributed by atoms with Gasteiger partial charge >= 0.3 is 5.82 Å².